The van der Waals surface area contributed by atoms with E-state index in [4.69, 9.17) is 10.5 Å². The van der Waals surface area contributed by atoms with Gasteiger partial charge >= 0.3 is 0 Å². The topological polar surface area (TPSA) is 68.5 Å². The number of thiazole rings is 1. The van der Waals surface area contributed by atoms with Crippen LogP contribution in [0.15, 0.2) is 5.38 Å². The van der Waals surface area contributed by atoms with Crippen LogP contribution in [0.3, 0.4) is 0 Å². The first-order valence-corrected chi connectivity index (χ1v) is 8.50. The Balaban J connectivity index is 1.93. The molecule has 2 heterocycles. The van der Waals surface area contributed by atoms with Crippen LogP contribution < -0.4 is 5.73 Å². The Bertz CT molecular complexity index is 477. The number of nitrogens with zero attached hydrogens (tertiary/aromatic N) is 2. The predicted molar refractivity (Wildman–Crippen MR) is 84.2 cm³/mol. The Morgan fingerprint density at radius 1 is 1.67 bits per heavy atom. The molecule has 0 bridgehead atoms. The number of aromatic nitrogens is 1. The van der Waals surface area contributed by atoms with Gasteiger partial charge < -0.3 is 15.4 Å². The molecule has 3 atom stereocenters. The maximum absolute atomic E-state index is 12.4. The second-order valence-electron chi connectivity index (χ2n) is 5.67. The molecule has 0 saturated carbocycles. The highest BCUT2D eigenvalue weighted by Gasteiger charge is 2.27. The Kier molecular flexibility index (Phi) is 5.72. The van der Waals surface area contributed by atoms with Crippen molar-refractivity contribution in [3.63, 3.8) is 0 Å². The maximum Gasteiger partial charge on any atom is 0.228 e. The van der Waals surface area contributed by atoms with Crippen LogP contribution in [0.4, 0.5) is 0 Å². The molecule has 1 aliphatic heterocycles. The number of likely N-dealkylation sites (tertiary alicyclic amines) is 1. The number of carbonyl (C=O) groups excluding carboxylic acids is 1. The molecule has 2 rings (SSSR count). The molecule has 6 heteroatoms. The lowest BCUT2D eigenvalue weighted by molar-refractivity contribution is -0.133. The second-order valence-corrected chi connectivity index (χ2v) is 6.56. The average Bonchev–Trinajstić information content (AvgIpc) is 2.87. The Labute approximate surface area is 130 Å². The summed E-state index contributed by atoms with van der Waals surface area (Å²) in [7, 11) is 0. The molecule has 0 aliphatic carbocycles. The fourth-order valence-corrected chi connectivity index (χ4v) is 3.57. The molecule has 1 aromatic rings. The number of carbonyl (C=O) groups is 1. The molecule has 0 unspecified atom stereocenters. The average molecular weight is 311 g/mol. The summed E-state index contributed by atoms with van der Waals surface area (Å²) in [6.07, 6.45) is 2.14. The van der Waals surface area contributed by atoms with E-state index < -0.39 is 0 Å². The van der Waals surface area contributed by atoms with Gasteiger partial charge in [-0.25, -0.2) is 4.98 Å². The van der Waals surface area contributed by atoms with E-state index in [2.05, 4.69) is 11.9 Å². The third-order valence-electron chi connectivity index (χ3n) is 3.90. The fourth-order valence-electron chi connectivity index (χ4n) is 2.75. The van der Waals surface area contributed by atoms with E-state index in [1.165, 1.54) is 0 Å². The predicted octanol–water partition coefficient (Wildman–Crippen LogP) is 2.12. The first-order valence-electron chi connectivity index (χ1n) is 7.62. The molecule has 1 amide bonds. The van der Waals surface area contributed by atoms with Gasteiger partial charge in [0.25, 0.3) is 0 Å². The summed E-state index contributed by atoms with van der Waals surface area (Å²) < 4.78 is 5.53. The number of hydrogen-bond donors (Lipinski definition) is 1. The van der Waals surface area contributed by atoms with Crippen LogP contribution >= 0.6 is 11.3 Å². The van der Waals surface area contributed by atoms with Crippen molar-refractivity contribution in [1.82, 2.24) is 9.88 Å². The summed E-state index contributed by atoms with van der Waals surface area (Å²) in [5.41, 5.74) is 6.78. The monoisotopic (exact) mass is 311 g/mol. The van der Waals surface area contributed by atoms with Crippen molar-refractivity contribution in [2.75, 3.05) is 13.2 Å². The summed E-state index contributed by atoms with van der Waals surface area (Å²) >= 11 is 1.56. The number of ether oxygens (including phenoxy) is 1. The van der Waals surface area contributed by atoms with Gasteiger partial charge in [-0.3, -0.25) is 4.79 Å². The van der Waals surface area contributed by atoms with Crippen LogP contribution in [0.25, 0.3) is 0 Å². The van der Waals surface area contributed by atoms with Crippen molar-refractivity contribution in [3.8, 4) is 0 Å². The molecule has 118 valence electrons. The Hall–Kier alpha value is -0.980. The molecule has 21 heavy (non-hydrogen) atoms. The highest BCUT2D eigenvalue weighted by atomic mass is 32.1. The lowest BCUT2D eigenvalue weighted by Gasteiger charge is -2.36. The molecule has 5 nitrogen and oxygen atoms in total. The van der Waals surface area contributed by atoms with Gasteiger partial charge in [0.15, 0.2) is 0 Å². The van der Waals surface area contributed by atoms with Crippen LogP contribution in [-0.2, 0) is 16.0 Å². The van der Waals surface area contributed by atoms with Gasteiger partial charge in [-0.15, -0.1) is 11.3 Å². The first-order chi connectivity index (χ1) is 10.0. The molecule has 1 saturated heterocycles. The van der Waals surface area contributed by atoms with Crippen molar-refractivity contribution in [3.05, 3.63) is 16.1 Å². The number of rotatable bonds is 5. The zero-order valence-electron chi connectivity index (χ0n) is 13.0. The van der Waals surface area contributed by atoms with Crippen molar-refractivity contribution in [1.29, 1.82) is 0 Å². The maximum atomic E-state index is 12.4. The molecule has 1 aromatic heterocycles. The highest BCUT2D eigenvalue weighted by Crippen LogP contribution is 2.22. The van der Waals surface area contributed by atoms with Crippen LogP contribution in [0.5, 0.6) is 0 Å². The van der Waals surface area contributed by atoms with E-state index in [-0.39, 0.29) is 24.1 Å². The van der Waals surface area contributed by atoms with Crippen molar-refractivity contribution in [2.24, 2.45) is 5.73 Å². The number of nitrogens with two attached hydrogens (primary N) is 1. The van der Waals surface area contributed by atoms with Crippen molar-refractivity contribution in [2.45, 2.75) is 58.2 Å². The summed E-state index contributed by atoms with van der Waals surface area (Å²) in [4.78, 5) is 18.9. The van der Waals surface area contributed by atoms with E-state index in [1.807, 2.05) is 24.1 Å². The van der Waals surface area contributed by atoms with Gasteiger partial charge in [0.2, 0.25) is 5.91 Å². The van der Waals surface area contributed by atoms with Crippen molar-refractivity contribution < 1.29 is 9.53 Å². The zero-order valence-corrected chi connectivity index (χ0v) is 13.9. The fraction of sp³-hybridized carbons (Fsp3) is 0.733. The molecular weight excluding hydrogens is 286 g/mol. The highest BCUT2D eigenvalue weighted by molar-refractivity contribution is 7.09. The third kappa shape index (κ3) is 4.25. The summed E-state index contributed by atoms with van der Waals surface area (Å²) in [5.74, 6) is 0.148. The van der Waals surface area contributed by atoms with Gasteiger partial charge in [0.05, 0.1) is 12.1 Å². The van der Waals surface area contributed by atoms with Gasteiger partial charge in [-0.1, -0.05) is 0 Å². The van der Waals surface area contributed by atoms with E-state index in [0.717, 1.165) is 30.1 Å². The van der Waals surface area contributed by atoms with Crippen molar-refractivity contribution >= 4 is 17.2 Å². The number of amides is 1. The molecular formula is C15H25N3O2S. The SMILES string of the molecule is CCO[C@H](C)c1nc(CC(=O)N2CC[C@H](N)C[C@@H]2C)cs1. The van der Waals surface area contributed by atoms with Gasteiger partial charge in [-0.2, -0.15) is 0 Å². The second kappa shape index (κ2) is 7.33. The third-order valence-corrected chi connectivity index (χ3v) is 4.96. The minimum absolute atomic E-state index is 0.00393. The standard InChI is InChI=1S/C15H25N3O2S/c1-4-20-11(3)15-17-13(9-21-15)8-14(19)18-6-5-12(16)7-10(18)2/h9-12H,4-8,16H2,1-3H3/t10-,11+,12-/m0/s1. The van der Waals surface area contributed by atoms with Gasteiger partial charge in [-0.05, 0) is 33.6 Å². The quantitative estimate of drug-likeness (QED) is 0.904. The largest absolute Gasteiger partial charge is 0.372 e. The smallest absolute Gasteiger partial charge is 0.228 e. The van der Waals surface area contributed by atoms with Crippen LogP contribution in [0.2, 0.25) is 0 Å². The molecule has 0 aromatic carbocycles. The van der Waals surface area contributed by atoms with E-state index in [1.54, 1.807) is 11.3 Å². The minimum atomic E-state index is -0.00393. The first kappa shape index (κ1) is 16.4. The van der Waals surface area contributed by atoms with Crippen LogP contribution in [0, 0.1) is 0 Å². The molecule has 2 N–H and O–H groups in total. The zero-order chi connectivity index (χ0) is 15.4. The molecule has 0 radical (unpaired) electrons. The van der Waals surface area contributed by atoms with E-state index in [0.29, 0.717) is 13.0 Å². The normalized spacial score (nSPS) is 24.1. The van der Waals surface area contributed by atoms with E-state index >= 15 is 0 Å². The summed E-state index contributed by atoms with van der Waals surface area (Å²) in [6.45, 7) is 7.45. The van der Waals surface area contributed by atoms with E-state index in [9.17, 15) is 4.79 Å². The number of piperidine rings is 1. The van der Waals surface area contributed by atoms with Crippen LogP contribution in [0.1, 0.15) is 50.4 Å². The van der Waals surface area contributed by atoms with Gasteiger partial charge in [0.1, 0.15) is 11.1 Å². The lowest BCUT2D eigenvalue weighted by atomic mass is 9.98. The molecule has 1 aliphatic rings. The minimum Gasteiger partial charge on any atom is -0.372 e. The van der Waals surface area contributed by atoms with Crippen LogP contribution in [-0.4, -0.2) is 41.0 Å². The Morgan fingerprint density at radius 3 is 3.10 bits per heavy atom. The summed E-state index contributed by atoms with van der Waals surface area (Å²) in [5, 5.41) is 2.90. The molecule has 1 fully saturated rings. The van der Waals surface area contributed by atoms with Gasteiger partial charge in [0, 0.05) is 30.6 Å². The summed E-state index contributed by atoms with van der Waals surface area (Å²) in [6, 6.07) is 0.448. The Morgan fingerprint density at radius 2 is 2.43 bits per heavy atom. The number of hydrogen-bond acceptors (Lipinski definition) is 5. The molecule has 0 spiro atoms. The lowest BCUT2D eigenvalue weighted by Crippen LogP contribution is -2.48.